The molecule has 0 radical (unpaired) electrons. The number of aryl methyl sites for hydroxylation is 1. The normalized spacial score (nSPS) is 13.4. The molecule has 0 bridgehead atoms. The molecule has 5 rings (SSSR count). The number of fused-ring (bicyclic) bond motifs is 2. The van der Waals surface area contributed by atoms with E-state index in [2.05, 4.69) is 117 Å². The lowest BCUT2D eigenvalue weighted by Gasteiger charge is -2.07. The van der Waals surface area contributed by atoms with Gasteiger partial charge in [0.05, 0.1) is 0 Å². The summed E-state index contributed by atoms with van der Waals surface area (Å²) in [6, 6.07) is 26.2. The number of aliphatic hydroxyl groups excluding tert-OH is 2. The highest BCUT2D eigenvalue weighted by Gasteiger charge is 2.11. The molecule has 0 fully saturated rings. The predicted molar refractivity (Wildman–Crippen MR) is 175 cm³/mol. The smallest absolute Gasteiger partial charge is 0.0319 e. The fraction of sp³-hybridized carbons (Fsp3) is 0.333. The Bertz CT molecular complexity index is 1390. The van der Waals surface area contributed by atoms with Crippen molar-refractivity contribution in [3.63, 3.8) is 0 Å². The molecule has 0 spiro atoms. The average Bonchev–Trinajstić information content (AvgIpc) is 3.67. The number of aliphatic hydroxyl groups is 2. The molecular weight excluding hydrogens is 478 g/mol. The summed E-state index contributed by atoms with van der Waals surface area (Å²) in [5.74, 6) is 0.843. The van der Waals surface area contributed by atoms with Crippen LogP contribution in [0, 0.1) is 12.8 Å². The van der Waals surface area contributed by atoms with Crippen molar-refractivity contribution in [2.24, 2.45) is 5.92 Å². The van der Waals surface area contributed by atoms with Crippen LogP contribution in [0.1, 0.15) is 52.7 Å². The summed E-state index contributed by atoms with van der Waals surface area (Å²) in [6.45, 7) is 14.6. The molecule has 39 heavy (non-hydrogen) atoms. The Kier molecular flexibility index (Phi) is 18.8. The van der Waals surface area contributed by atoms with Crippen molar-refractivity contribution < 1.29 is 10.2 Å². The Labute approximate surface area is 237 Å². The van der Waals surface area contributed by atoms with Gasteiger partial charge in [-0.3, -0.25) is 0 Å². The van der Waals surface area contributed by atoms with Crippen LogP contribution >= 0.6 is 0 Å². The lowest BCUT2D eigenvalue weighted by atomic mass is 9.98. The lowest BCUT2D eigenvalue weighted by Crippen LogP contribution is -2.27. The van der Waals surface area contributed by atoms with Crippen LogP contribution in [0.5, 0.6) is 0 Å². The molecule has 0 heterocycles. The maximum atomic E-state index is 7.00. The molecule has 0 aromatic heterocycles. The standard InChI is InChI=1S/C25H23N.C5H8.2C2H6.2CH4O/c1-18-15-21-8-3-4-9-22(21)16-20(18)13-14-25-23(17-26-2)12-11-19-7-5-6-10-24(19)25;1-4-3-5(4)2;4*1-2/h3-12,14-17,26H,13H2,1-2H3;3-4H,1-2H3;2*1-2H3;2*2H,1H3/b23-17-,25-14+;;;;;. The molecule has 3 nitrogen and oxygen atoms in total. The van der Waals surface area contributed by atoms with Gasteiger partial charge in [-0.1, -0.05) is 125 Å². The van der Waals surface area contributed by atoms with Crippen LogP contribution < -0.4 is 15.8 Å². The van der Waals surface area contributed by atoms with E-state index in [0.717, 1.165) is 26.6 Å². The Balaban J connectivity index is 0.000000945. The van der Waals surface area contributed by atoms with E-state index in [9.17, 15) is 0 Å². The summed E-state index contributed by atoms with van der Waals surface area (Å²) in [5.41, 5.74) is 4.27. The van der Waals surface area contributed by atoms with Gasteiger partial charge in [0, 0.05) is 27.5 Å². The highest BCUT2D eigenvalue weighted by Crippen LogP contribution is 2.25. The van der Waals surface area contributed by atoms with E-state index >= 15 is 0 Å². The lowest BCUT2D eigenvalue weighted by molar-refractivity contribution is 0.399. The molecule has 1 unspecified atom stereocenters. The van der Waals surface area contributed by atoms with Gasteiger partial charge in [0.2, 0.25) is 0 Å². The topological polar surface area (TPSA) is 52.5 Å². The SMILES string of the molecule is CC.CC.CC1=CC1C.CN/C=c1/ccc2ccccc2/c1=C/Cc1cc2ccccc2cc1C.CO.CO. The van der Waals surface area contributed by atoms with Gasteiger partial charge in [-0.15, -0.1) is 0 Å². The van der Waals surface area contributed by atoms with Crippen LogP contribution in [0.2, 0.25) is 0 Å². The molecule has 1 atom stereocenters. The van der Waals surface area contributed by atoms with Crippen molar-refractivity contribution in [2.75, 3.05) is 21.3 Å². The highest BCUT2D eigenvalue weighted by atomic mass is 16.2. The summed E-state index contributed by atoms with van der Waals surface area (Å²) in [7, 11) is 3.95. The quantitative estimate of drug-likeness (QED) is 0.247. The summed E-state index contributed by atoms with van der Waals surface area (Å²) < 4.78 is 0. The summed E-state index contributed by atoms with van der Waals surface area (Å²) in [6.07, 6.45) is 7.61. The second-order valence-electron chi connectivity index (χ2n) is 8.46. The first kappa shape index (κ1) is 35.6. The average molecular weight is 530 g/mol. The van der Waals surface area contributed by atoms with Gasteiger partial charge in [0.15, 0.2) is 0 Å². The minimum atomic E-state index is 0.843. The minimum Gasteiger partial charge on any atom is -0.400 e. The van der Waals surface area contributed by atoms with Crippen LogP contribution in [0.3, 0.4) is 0 Å². The first-order valence-electron chi connectivity index (χ1n) is 14.0. The summed E-state index contributed by atoms with van der Waals surface area (Å²) in [4.78, 5) is 0. The molecule has 1 aliphatic carbocycles. The molecule has 4 aromatic rings. The Morgan fingerprint density at radius 2 is 1.23 bits per heavy atom. The van der Waals surface area contributed by atoms with Crippen molar-refractivity contribution in [1.29, 1.82) is 0 Å². The van der Waals surface area contributed by atoms with Crippen LogP contribution in [-0.4, -0.2) is 31.5 Å². The molecule has 0 saturated heterocycles. The Morgan fingerprint density at radius 1 is 0.744 bits per heavy atom. The van der Waals surface area contributed by atoms with E-state index in [4.69, 9.17) is 10.2 Å². The number of allylic oxidation sites excluding steroid dienone is 2. The van der Waals surface area contributed by atoms with Crippen LogP contribution in [0.25, 0.3) is 33.8 Å². The van der Waals surface area contributed by atoms with Gasteiger partial charge in [-0.05, 0) is 69.3 Å². The maximum Gasteiger partial charge on any atom is 0.0319 e. The first-order valence-corrected chi connectivity index (χ1v) is 14.0. The number of hydrogen-bond acceptors (Lipinski definition) is 3. The molecule has 212 valence electrons. The van der Waals surface area contributed by atoms with E-state index in [1.54, 1.807) is 5.57 Å². The Hall–Kier alpha value is -3.40. The molecule has 0 amide bonds. The third kappa shape index (κ3) is 11.1. The number of benzene rings is 4. The first-order chi connectivity index (χ1) is 19.1. The van der Waals surface area contributed by atoms with E-state index in [1.807, 2.05) is 34.7 Å². The molecule has 3 heteroatoms. The van der Waals surface area contributed by atoms with Gasteiger partial charge in [0.25, 0.3) is 0 Å². The number of rotatable bonds is 3. The van der Waals surface area contributed by atoms with Gasteiger partial charge >= 0.3 is 0 Å². The van der Waals surface area contributed by atoms with Crippen molar-refractivity contribution in [2.45, 2.75) is 54.9 Å². The van der Waals surface area contributed by atoms with Gasteiger partial charge in [-0.2, -0.15) is 0 Å². The van der Waals surface area contributed by atoms with Crippen LogP contribution in [-0.2, 0) is 6.42 Å². The molecule has 1 aliphatic rings. The summed E-state index contributed by atoms with van der Waals surface area (Å²) >= 11 is 0. The van der Waals surface area contributed by atoms with Crippen molar-refractivity contribution in [3.05, 3.63) is 106 Å². The zero-order valence-corrected chi connectivity index (χ0v) is 25.8. The van der Waals surface area contributed by atoms with Crippen LogP contribution in [0.15, 0.2) is 84.4 Å². The van der Waals surface area contributed by atoms with Crippen molar-refractivity contribution in [1.82, 2.24) is 5.32 Å². The Morgan fingerprint density at radius 3 is 1.74 bits per heavy atom. The largest absolute Gasteiger partial charge is 0.400 e. The fourth-order valence-corrected chi connectivity index (χ4v) is 4.00. The fourth-order valence-electron chi connectivity index (χ4n) is 4.00. The summed E-state index contributed by atoms with van der Waals surface area (Å²) in [5, 5.41) is 24.9. The van der Waals surface area contributed by atoms with Gasteiger partial charge < -0.3 is 15.5 Å². The van der Waals surface area contributed by atoms with E-state index in [0.29, 0.717) is 0 Å². The molecular formula is C36H51NO2. The predicted octanol–water partition coefficient (Wildman–Crippen LogP) is 7.13. The monoisotopic (exact) mass is 529 g/mol. The molecule has 0 aliphatic heterocycles. The van der Waals surface area contributed by atoms with Crippen molar-refractivity contribution in [3.8, 4) is 0 Å². The third-order valence-corrected chi connectivity index (χ3v) is 6.16. The maximum absolute atomic E-state index is 7.00. The van der Waals surface area contributed by atoms with E-state index in [1.165, 1.54) is 43.1 Å². The van der Waals surface area contributed by atoms with Gasteiger partial charge in [0.1, 0.15) is 0 Å². The molecule has 0 saturated carbocycles. The minimum absolute atomic E-state index is 0.843. The second kappa shape index (κ2) is 20.5. The van der Waals surface area contributed by atoms with E-state index in [-0.39, 0.29) is 0 Å². The third-order valence-electron chi connectivity index (χ3n) is 6.16. The zero-order chi connectivity index (χ0) is 29.8. The van der Waals surface area contributed by atoms with Crippen LogP contribution in [0.4, 0.5) is 0 Å². The van der Waals surface area contributed by atoms with E-state index < -0.39 is 0 Å². The van der Waals surface area contributed by atoms with Gasteiger partial charge in [-0.25, -0.2) is 0 Å². The second-order valence-corrected chi connectivity index (χ2v) is 8.46. The zero-order valence-electron chi connectivity index (χ0n) is 25.8. The van der Waals surface area contributed by atoms with Crippen molar-refractivity contribution >= 4 is 33.8 Å². The molecule has 3 N–H and O–H groups in total. The molecule has 4 aromatic carbocycles. The highest BCUT2D eigenvalue weighted by molar-refractivity contribution is 5.85. The number of hydrogen-bond donors (Lipinski definition) is 3. The number of nitrogens with one attached hydrogen (secondary N) is 1.